The summed E-state index contributed by atoms with van der Waals surface area (Å²) < 4.78 is 31.6. The van der Waals surface area contributed by atoms with Crippen LogP contribution in [0, 0.1) is 20.2 Å². The first-order chi connectivity index (χ1) is 7.23. The molecular weight excluding hydrogens is 283 g/mol. The van der Waals surface area contributed by atoms with E-state index in [2.05, 4.69) is 0 Å². The van der Waals surface area contributed by atoms with E-state index in [-0.39, 0.29) is 51.4 Å². The van der Waals surface area contributed by atoms with Crippen molar-refractivity contribution in [1.29, 1.82) is 0 Å². The molecule has 86 valence electrons. The number of hydrogen-bond acceptors (Lipinski definition) is 7. The van der Waals surface area contributed by atoms with Gasteiger partial charge in [0.25, 0.3) is 0 Å². The molecule has 0 N–H and O–H groups in total. The minimum atomic E-state index is -4.88. The van der Waals surface area contributed by atoms with Crippen molar-refractivity contribution >= 4 is 21.5 Å². The molecule has 11 heteroatoms. The molecule has 0 aliphatic carbocycles. The Balaban J connectivity index is 0.00000256. The second-order valence-corrected chi connectivity index (χ2v) is 4.00. The standard InChI is InChI=1S/C6H4N2O7S.K/c9-7(10)5-2-1-4(16(13,14)15)3-6(5)8(11)12;/h1-3H,(H,13,14,15);/q;+1/p-1. The Bertz CT molecular complexity index is 570. The molecule has 1 aromatic carbocycles. The van der Waals surface area contributed by atoms with Gasteiger partial charge in [-0.1, -0.05) is 0 Å². The predicted molar refractivity (Wildman–Crippen MR) is 47.7 cm³/mol. The maximum atomic E-state index is 10.5. The minimum Gasteiger partial charge on any atom is -0.744 e. The molecule has 0 atom stereocenters. The summed E-state index contributed by atoms with van der Waals surface area (Å²) in [6.45, 7) is 0. The number of benzene rings is 1. The fourth-order valence-corrected chi connectivity index (χ4v) is 1.45. The molecule has 0 spiro atoms. The topological polar surface area (TPSA) is 143 Å². The van der Waals surface area contributed by atoms with Crippen LogP contribution in [0.15, 0.2) is 23.1 Å². The molecule has 0 fully saturated rings. The Morgan fingerprint density at radius 1 is 1.00 bits per heavy atom. The van der Waals surface area contributed by atoms with Crippen LogP contribution in [-0.2, 0) is 10.1 Å². The van der Waals surface area contributed by atoms with Crippen molar-refractivity contribution in [3.63, 3.8) is 0 Å². The Morgan fingerprint density at radius 2 is 1.47 bits per heavy atom. The summed E-state index contributed by atoms with van der Waals surface area (Å²) in [6.07, 6.45) is 0. The number of nitro benzene ring substituents is 2. The van der Waals surface area contributed by atoms with Gasteiger partial charge in [-0.15, -0.1) is 0 Å². The van der Waals surface area contributed by atoms with E-state index in [0.717, 1.165) is 0 Å². The Morgan fingerprint density at radius 3 is 1.82 bits per heavy atom. The van der Waals surface area contributed by atoms with E-state index in [1.54, 1.807) is 0 Å². The van der Waals surface area contributed by atoms with Gasteiger partial charge in [0.2, 0.25) is 0 Å². The van der Waals surface area contributed by atoms with Crippen LogP contribution in [0.25, 0.3) is 0 Å². The van der Waals surface area contributed by atoms with E-state index in [0.29, 0.717) is 18.2 Å². The molecular formula is C6H3KN2O7S. The van der Waals surface area contributed by atoms with E-state index in [4.69, 9.17) is 0 Å². The van der Waals surface area contributed by atoms with E-state index in [9.17, 15) is 33.2 Å². The summed E-state index contributed by atoms with van der Waals surface area (Å²) in [5.74, 6) is 0. The summed E-state index contributed by atoms with van der Waals surface area (Å²) in [5.41, 5.74) is -1.92. The van der Waals surface area contributed by atoms with Gasteiger partial charge >= 0.3 is 62.8 Å². The van der Waals surface area contributed by atoms with Gasteiger partial charge < -0.3 is 4.55 Å². The average molecular weight is 286 g/mol. The molecule has 0 saturated heterocycles. The van der Waals surface area contributed by atoms with E-state index < -0.39 is 36.2 Å². The van der Waals surface area contributed by atoms with Crippen LogP contribution >= 0.6 is 0 Å². The molecule has 9 nitrogen and oxygen atoms in total. The molecule has 0 saturated carbocycles. The van der Waals surface area contributed by atoms with E-state index in [1.807, 2.05) is 0 Å². The first-order valence-corrected chi connectivity index (χ1v) is 5.03. The molecule has 0 amide bonds. The van der Waals surface area contributed by atoms with Crippen LogP contribution < -0.4 is 51.4 Å². The third-order valence-corrected chi connectivity index (χ3v) is 2.46. The third-order valence-electron chi connectivity index (χ3n) is 1.63. The number of nitro groups is 2. The van der Waals surface area contributed by atoms with Crippen LogP contribution in [0.1, 0.15) is 0 Å². The predicted octanol–water partition coefficient (Wildman–Crippen LogP) is -2.59. The van der Waals surface area contributed by atoms with Crippen LogP contribution in [0.3, 0.4) is 0 Å². The molecule has 0 aromatic heterocycles. The van der Waals surface area contributed by atoms with Gasteiger partial charge in [-0.05, 0) is 6.07 Å². The fraction of sp³-hybridized carbons (Fsp3) is 0. The Hall–Kier alpha value is -0.434. The summed E-state index contributed by atoms with van der Waals surface area (Å²) >= 11 is 0. The molecule has 0 bridgehead atoms. The van der Waals surface area contributed by atoms with Crippen molar-refractivity contribution in [2.75, 3.05) is 0 Å². The molecule has 1 aromatic rings. The van der Waals surface area contributed by atoms with Crippen molar-refractivity contribution in [3.05, 3.63) is 38.4 Å². The van der Waals surface area contributed by atoms with Crippen molar-refractivity contribution in [1.82, 2.24) is 0 Å². The van der Waals surface area contributed by atoms with Gasteiger partial charge in [0.15, 0.2) is 0 Å². The monoisotopic (exact) mass is 286 g/mol. The second kappa shape index (κ2) is 5.95. The van der Waals surface area contributed by atoms with Crippen LogP contribution in [0.2, 0.25) is 0 Å². The number of hydrogen-bond donors (Lipinski definition) is 0. The zero-order valence-corrected chi connectivity index (χ0v) is 12.3. The average Bonchev–Trinajstić information content (AvgIpc) is 2.15. The van der Waals surface area contributed by atoms with Gasteiger partial charge in [-0.3, -0.25) is 20.2 Å². The fourth-order valence-electron chi connectivity index (χ4n) is 0.959. The molecule has 0 radical (unpaired) electrons. The SMILES string of the molecule is O=[N+]([O-])c1ccc(S(=O)(=O)[O-])cc1[N+](=O)[O-].[K+]. The van der Waals surface area contributed by atoms with Crippen molar-refractivity contribution < 1.29 is 74.2 Å². The number of nitrogens with zero attached hydrogens (tertiary/aromatic N) is 2. The quantitative estimate of drug-likeness (QED) is 0.256. The summed E-state index contributed by atoms with van der Waals surface area (Å²) in [7, 11) is -4.88. The van der Waals surface area contributed by atoms with Gasteiger partial charge in [0.05, 0.1) is 14.7 Å². The van der Waals surface area contributed by atoms with Crippen molar-refractivity contribution in [2.24, 2.45) is 0 Å². The zero-order chi connectivity index (χ0) is 12.5. The van der Waals surface area contributed by atoms with Crippen molar-refractivity contribution in [3.8, 4) is 0 Å². The summed E-state index contributed by atoms with van der Waals surface area (Å²) in [5, 5.41) is 20.8. The Kier molecular flexibility index (Phi) is 5.80. The van der Waals surface area contributed by atoms with Gasteiger partial charge in [0.1, 0.15) is 10.1 Å². The normalized spacial score (nSPS) is 10.4. The summed E-state index contributed by atoms with van der Waals surface area (Å²) in [4.78, 5) is 17.7. The molecule has 17 heavy (non-hydrogen) atoms. The van der Waals surface area contributed by atoms with Crippen LogP contribution in [0.4, 0.5) is 11.4 Å². The number of rotatable bonds is 3. The van der Waals surface area contributed by atoms with E-state index in [1.165, 1.54) is 0 Å². The minimum absolute atomic E-state index is 0. The first kappa shape index (κ1) is 16.6. The van der Waals surface area contributed by atoms with Gasteiger partial charge in [-0.2, -0.15) is 0 Å². The Labute approximate surface area is 137 Å². The second-order valence-electron chi connectivity index (χ2n) is 2.62. The van der Waals surface area contributed by atoms with Crippen LogP contribution in [-0.4, -0.2) is 22.8 Å². The first-order valence-electron chi connectivity index (χ1n) is 3.62. The summed E-state index contributed by atoms with van der Waals surface area (Å²) in [6, 6.07) is 1.61. The third kappa shape index (κ3) is 4.06. The van der Waals surface area contributed by atoms with Crippen LogP contribution in [0.5, 0.6) is 0 Å². The molecule has 0 unspecified atom stereocenters. The largest absolute Gasteiger partial charge is 1.00 e. The van der Waals surface area contributed by atoms with E-state index >= 15 is 0 Å². The molecule has 0 heterocycles. The van der Waals surface area contributed by atoms with Gasteiger partial charge in [0, 0.05) is 12.1 Å². The maximum absolute atomic E-state index is 10.5. The molecule has 0 aliphatic heterocycles. The smallest absolute Gasteiger partial charge is 0.744 e. The van der Waals surface area contributed by atoms with Crippen molar-refractivity contribution in [2.45, 2.75) is 4.90 Å². The zero-order valence-electron chi connectivity index (χ0n) is 8.39. The van der Waals surface area contributed by atoms with Gasteiger partial charge in [-0.25, -0.2) is 8.42 Å². The molecule has 1 rings (SSSR count). The molecule has 0 aliphatic rings. The maximum Gasteiger partial charge on any atom is 1.00 e.